The maximum atomic E-state index is 12.3. The third-order valence-electron chi connectivity index (χ3n) is 5.00. The highest BCUT2D eigenvalue weighted by atomic mass is 16.2. The number of aromatic nitrogens is 1. The SMILES string of the molecule is CN1C(=O)C[C@@](C)(c2cccc(-c3cccc4cccnc34)c2)N=C1N. The molecule has 1 aromatic heterocycles. The van der Waals surface area contributed by atoms with Crippen LogP contribution >= 0.6 is 0 Å². The smallest absolute Gasteiger partial charge is 0.231 e. The van der Waals surface area contributed by atoms with Crippen LogP contribution in [0.3, 0.4) is 0 Å². The molecule has 4 rings (SSSR count). The molecule has 1 amide bonds. The van der Waals surface area contributed by atoms with Gasteiger partial charge in [-0.3, -0.25) is 14.7 Å². The van der Waals surface area contributed by atoms with Crippen molar-refractivity contribution in [3.8, 4) is 11.1 Å². The van der Waals surface area contributed by atoms with Gasteiger partial charge in [0.2, 0.25) is 5.91 Å². The molecule has 2 heterocycles. The van der Waals surface area contributed by atoms with Gasteiger partial charge in [0.15, 0.2) is 5.96 Å². The Labute approximate surface area is 152 Å². The fourth-order valence-electron chi connectivity index (χ4n) is 3.43. The minimum absolute atomic E-state index is 0.0303. The van der Waals surface area contributed by atoms with Crippen molar-refractivity contribution in [2.45, 2.75) is 18.9 Å². The Morgan fingerprint density at radius 3 is 2.69 bits per heavy atom. The molecule has 1 aliphatic rings. The highest BCUT2D eigenvalue weighted by Crippen LogP contribution is 2.36. The third-order valence-corrected chi connectivity index (χ3v) is 5.00. The van der Waals surface area contributed by atoms with Crippen LogP contribution < -0.4 is 5.73 Å². The van der Waals surface area contributed by atoms with Gasteiger partial charge >= 0.3 is 0 Å². The average Bonchev–Trinajstić information content (AvgIpc) is 2.66. The van der Waals surface area contributed by atoms with Crippen LogP contribution in [0.15, 0.2) is 65.8 Å². The molecule has 0 fully saturated rings. The number of benzene rings is 2. The minimum Gasteiger partial charge on any atom is -0.369 e. The first-order valence-electron chi connectivity index (χ1n) is 8.54. The van der Waals surface area contributed by atoms with Gasteiger partial charge in [-0.15, -0.1) is 0 Å². The Bertz CT molecular complexity index is 1040. The van der Waals surface area contributed by atoms with E-state index in [2.05, 4.69) is 40.3 Å². The predicted octanol–water partition coefficient (Wildman–Crippen LogP) is 3.29. The number of pyridine rings is 1. The molecule has 0 aliphatic carbocycles. The second-order valence-electron chi connectivity index (χ2n) is 6.83. The van der Waals surface area contributed by atoms with Gasteiger partial charge in [-0.2, -0.15) is 0 Å². The standard InChI is InChI=1S/C21H20N4O/c1-21(13-18(26)25(2)20(22)24-21)16-9-3-7-15(12-16)17-10-4-6-14-8-5-11-23-19(14)17/h3-12H,13H2,1-2H3,(H2,22,24)/t21-/m0/s1. The molecule has 0 spiro atoms. The zero-order valence-corrected chi connectivity index (χ0v) is 14.8. The molecule has 2 N–H and O–H groups in total. The molecule has 1 atom stereocenters. The van der Waals surface area contributed by atoms with Crippen molar-refractivity contribution in [2.24, 2.45) is 10.7 Å². The quantitative estimate of drug-likeness (QED) is 0.775. The predicted molar refractivity (Wildman–Crippen MR) is 104 cm³/mol. The summed E-state index contributed by atoms with van der Waals surface area (Å²) in [6, 6.07) is 18.3. The summed E-state index contributed by atoms with van der Waals surface area (Å²) in [6.07, 6.45) is 2.10. The topological polar surface area (TPSA) is 71.6 Å². The Hall–Kier alpha value is -3.21. The van der Waals surface area contributed by atoms with Crippen LogP contribution in [0, 0.1) is 0 Å². The second-order valence-corrected chi connectivity index (χ2v) is 6.83. The molecule has 0 bridgehead atoms. The van der Waals surface area contributed by atoms with E-state index in [0.717, 1.165) is 27.6 Å². The van der Waals surface area contributed by atoms with Crippen LogP contribution in [0.25, 0.3) is 22.0 Å². The summed E-state index contributed by atoms with van der Waals surface area (Å²) in [7, 11) is 1.65. The maximum absolute atomic E-state index is 12.3. The number of hydrogen-bond donors (Lipinski definition) is 1. The number of rotatable bonds is 2. The highest BCUT2D eigenvalue weighted by molar-refractivity contribution is 5.99. The van der Waals surface area contributed by atoms with Gasteiger partial charge in [0.25, 0.3) is 0 Å². The van der Waals surface area contributed by atoms with E-state index in [1.807, 2.05) is 31.2 Å². The maximum Gasteiger partial charge on any atom is 0.231 e. The molecular formula is C21H20N4O. The van der Waals surface area contributed by atoms with Crippen molar-refractivity contribution in [1.82, 2.24) is 9.88 Å². The number of carbonyl (C=O) groups is 1. The monoisotopic (exact) mass is 344 g/mol. The van der Waals surface area contributed by atoms with Crippen LogP contribution in [-0.2, 0) is 10.3 Å². The molecule has 2 aromatic carbocycles. The summed E-state index contributed by atoms with van der Waals surface area (Å²) < 4.78 is 0. The van der Waals surface area contributed by atoms with Gasteiger partial charge in [0.1, 0.15) is 0 Å². The largest absolute Gasteiger partial charge is 0.369 e. The van der Waals surface area contributed by atoms with E-state index < -0.39 is 5.54 Å². The molecule has 130 valence electrons. The molecular weight excluding hydrogens is 324 g/mol. The van der Waals surface area contributed by atoms with Crippen molar-refractivity contribution >= 4 is 22.8 Å². The normalized spacial score (nSPS) is 20.3. The van der Waals surface area contributed by atoms with Gasteiger partial charge in [-0.05, 0) is 30.2 Å². The van der Waals surface area contributed by atoms with E-state index in [1.54, 1.807) is 13.2 Å². The number of para-hydroxylation sites is 1. The zero-order valence-electron chi connectivity index (χ0n) is 14.8. The van der Waals surface area contributed by atoms with E-state index in [0.29, 0.717) is 6.42 Å². The van der Waals surface area contributed by atoms with Crippen molar-refractivity contribution in [3.05, 3.63) is 66.4 Å². The highest BCUT2D eigenvalue weighted by Gasteiger charge is 2.36. The first-order valence-corrected chi connectivity index (χ1v) is 8.54. The van der Waals surface area contributed by atoms with E-state index in [-0.39, 0.29) is 11.9 Å². The number of carbonyl (C=O) groups excluding carboxylic acids is 1. The van der Waals surface area contributed by atoms with Gasteiger partial charge in [0.05, 0.1) is 17.5 Å². The average molecular weight is 344 g/mol. The lowest BCUT2D eigenvalue weighted by Gasteiger charge is -2.33. The molecule has 0 saturated heterocycles. The number of nitrogens with two attached hydrogens (primary N) is 1. The van der Waals surface area contributed by atoms with E-state index >= 15 is 0 Å². The third kappa shape index (κ3) is 2.62. The summed E-state index contributed by atoms with van der Waals surface area (Å²) in [5.74, 6) is 0.221. The molecule has 5 nitrogen and oxygen atoms in total. The summed E-state index contributed by atoms with van der Waals surface area (Å²) in [4.78, 5) is 22.8. The fourth-order valence-corrected chi connectivity index (χ4v) is 3.43. The van der Waals surface area contributed by atoms with Gasteiger partial charge in [0, 0.05) is 24.2 Å². The van der Waals surface area contributed by atoms with Crippen LogP contribution in [0.5, 0.6) is 0 Å². The lowest BCUT2D eigenvalue weighted by Crippen LogP contribution is -2.47. The van der Waals surface area contributed by atoms with Gasteiger partial charge in [-0.1, -0.05) is 42.5 Å². The van der Waals surface area contributed by atoms with Crippen LogP contribution in [0.2, 0.25) is 0 Å². The summed E-state index contributed by atoms with van der Waals surface area (Å²) in [6.45, 7) is 1.95. The molecule has 26 heavy (non-hydrogen) atoms. The first kappa shape index (κ1) is 16.3. The number of hydrogen-bond acceptors (Lipinski definition) is 4. The first-order chi connectivity index (χ1) is 12.5. The van der Waals surface area contributed by atoms with E-state index in [4.69, 9.17) is 5.73 Å². The van der Waals surface area contributed by atoms with E-state index in [1.165, 1.54) is 4.90 Å². The fraction of sp³-hybridized carbons (Fsp3) is 0.190. The number of fused-ring (bicyclic) bond motifs is 1. The molecule has 5 heteroatoms. The number of nitrogens with zero attached hydrogens (tertiary/aromatic N) is 3. The molecule has 1 aliphatic heterocycles. The van der Waals surface area contributed by atoms with Crippen molar-refractivity contribution in [2.75, 3.05) is 7.05 Å². The Morgan fingerprint density at radius 1 is 1.12 bits per heavy atom. The van der Waals surface area contributed by atoms with Crippen molar-refractivity contribution < 1.29 is 4.79 Å². The van der Waals surface area contributed by atoms with Crippen LogP contribution in [0.4, 0.5) is 0 Å². The lowest BCUT2D eigenvalue weighted by atomic mass is 9.86. The van der Waals surface area contributed by atoms with Crippen molar-refractivity contribution in [3.63, 3.8) is 0 Å². The number of amides is 1. The summed E-state index contributed by atoms with van der Waals surface area (Å²) >= 11 is 0. The Balaban J connectivity index is 1.84. The van der Waals surface area contributed by atoms with Crippen LogP contribution in [0.1, 0.15) is 18.9 Å². The minimum atomic E-state index is -0.665. The molecule has 0 saturated carbocycles. The van der Waals surface area contributed by atoms with E-state index in [9.17, 15) is 4.79 Å². The van der Waals surface area contributed by atoms with Gasteiger partial charge < -0.3 is 5.73 Å². The number of aliphatic imine (C=N–C) groups is 1. The lowest BCUT2D eigenvalue weighted by molar-refractivity contribution is -0.128. The summed E-state index contributed by atoms with van der Waals surface area (Å²) in [5.41, 5.74) is 9.32. The van der Waals surface area contributed by atoms with Crippen LogP contribution in [-0.4, -0.2) is 28.8 Å². The van der Waals surface area contributed by atoms with Gasteiger partial charge in [-0.25, -0.2) is 4.99 Å². The summed E-state index contributed by atoms with van der Waals surface area (Å²) in [5, 5.41) is 1.10. The molecule has 0 unspecified atom stereocenters. The number of guanidine groups is 1. The van der Waals surface area contributed by atoms with Crippen molar-refractivity contribution in [1.29, 1.82) is 0 Å². The molecule has 0 radical (unpaired) electrons. The Morgan fingerprint density at radius 2 is 1.88 bits per heavy atom. The molecule has 3 aromatic rings. The zero-order chi connectivity index (χ0) is 18.3. The second kappa shape index (κ2) is 5.95. The Kier molecular flexibility index (Phi) is 3.72.